The second-order valence-corrected chi connectivity index (χ2v) is 7.50. The fraction of sp³-hybridized carbons (Fsp3) is 0.455. The lowest BCUT2D eigenvalue weighted by atomic mass is 9.99. The van der Waals surface area contributed by atoms with Crippen molar-refractivity contribution in [2.24, 2.45) is 0 Å². The average Bonchev–Trinajstić information content (AvgIpc) is 2.64. The third-order valence-corrected chi connectivity index (χ3v) is 5.47. The van der Waals surface area contributed by atoms with Gasteiger partial charge in [-0.15, -0.1) is 0 Å². The molecular formula is C22H29ClN2. The first-order chi connectivity index (χ1) is 12.2. The van der Waals surface area contributed by atoms with Gasteiger partial charge in [-0.05, 0) is 60.7 Å². The largest absolute Gasteiger partial charge is 0.369 e. The molecule has 134 valence electrons. The zero-order chi connectivity index (χ0) is 17.6. The molecule has 0 radical (unpaired) electrons. The van der Waals surface area contributed by atoms with Crippen molar-refractivity contribution in [3.8, 4) is 0 Å². The van der Waals surface area contributed by atoms with Gasteiger partial charge in [-0.2, -0.15) is 0 Å². The molecule has 1 aliphatic rings. The molecule has 0 atom stereocenters. The third kappa shape index (κ3) is 4.99. The van der Waals surface area contributed by atoms with E-state index in [1.54, 1.807) is 0 Å². The predicted octanol–water partition coefficient (Wildman–Crippen LogP) is 4.97. The summed E-state index contributed by atoms with van der Waals surface area (Å²) in [5.41, 5.74) is 5.72. The summed E-state index contributed by atoms with van der Waals surface area (Å²) in [6.45, 7) is 10.1. The smallest absolute Gasteiger partial charge is 0.0407 e. The molecule has 0 bridgehead atoms. The van der Waals surface area contributed by atoms with Gasteiger partial charge in [0.1, 0.15) is 0 Å². The average molecular weight is 357 g/mol. The topological polar surface area (TPSA) is 6.48 Å². The number of hydrogen-bond donors (Lipinski definition) is 0. The van der Waals surface area contributed by atoms with E-state index in [4.69, 9.17) is 11.6 Å². The molecule has 2 aromatic carbocycles. The maximum atomic E-state index is 5.99. The van der Waals surface area contributed by atoms with Crippen LogP contribution in [0.5, 0.6) is 0 Å². The first kappa shape index (κ1) is 18.3. The van der Waals surface area contributed by atoms with Gasteiger partial charge in [0.15, 0.2) is 0 Å². The van der Waals surface area contributed by atoms with Crippen LogP contribution in [0.2, 0.25) is 5.02 Å². The van der Waals surface area contributed by atoms with Gasteiger partial charge in [-0.3, -0.25) is 4.90 Å². The highest BCUT2D eigenvalue weighted by Gasteiger charge is 2.17. The molecule has 0 saturated carbocycles. The molecule has 0 spiro atoms. The second kappa shape index (κ2) is 8.73. The molecule has 25 heavy (non-hydrogen) atoms. The summed E-state index contributed by atoms with van der Waals surface area (Å²) in [5.74, 6) is 0. The van der Waals surface area contributed by atoms with Crippen LogP contribution in [0.25, 0.3) is 0 Å². The minimum absolute atomic E-state index is 0.808. The van der Waals surface area contributed by atoms with Crippen LogP contribution in [0.3, 0.4) is 0 Å². The van der Waals surface area contributed by atoms with Crippen molar-refractivity contribution in [1.29, 1.82) is 0 Å². The normalized spacial score (nSPS) is 15.6. The van der Waals surface area contributed by atoms with Gasteiger partial charge >= 0.3 is 0 Å². The molecule has 3 rings (SSSR count). The number of anilines is 1. The van der Waals surface area contributed by atoms with Crippen LogP contribution in [-0.4, -0.2) is 37.6 Å². The molecule has 2 nitrogen and oxygen atoms in total. The lowest BCUT2D eigenvalue weighted by molar-refractivity contribution is 0.261. The first-order valence-electron chi connectivity index (χ1n) is 9.47. The van der Waals surface area contributed by atoms with E-state index in [0.29, 0.717) is 0 Å². The Bertz CT molecular complexity index is 673. The maximum absolute atomic E-state index is 5.99. The third-order valence-electron chi connectivity index (χ3n) is 5.21. The summed E-state index contributed by atoms with van der Waals surface area (Å²) < 4.78 is 0. The zero-order valence-electron chi connectivity index (χ0n) is 15.5. The van der Waals surface area contributed by atoms with E-state index in [-0.39, 0.29) is 0 Å². The quantitative estimate of drug-likeness (QED) is 0.721. The van der Waals surface area contributed by atoms with Crippen molar-refractivity contribution >= 4 is 17.3 Å². The van der Waals surface area contributed by atoms with E-state index < -0.39 is 0 Å². The van der Waals surface area contributed by atoms with Crippen molar-refractivity contribution in [2.45, 2.75) is 33.1 Å². The molecule has 0 aromatic heterocycles. The maximum Gasteiger partial charge on any atom is 0.0407 e. The van der Waals surface area contributed by atoms with E-state index in [1.807, 2.05) is 12.1 Å². The van der Waals surface area contributed by atoms with Crippen LogP contribution in [0.1, 0.15) is 30.0 Å². The van der Waals surface area contributed by atoms with Gasteiger partial charge in [-0.1, -0.05) is 43.1 Å². The second-order valence-electron chi connectivity index (χ2n) is 7.07. The summed E-state index contributed by atoms with van der Waals surface area (Å²) >= 11 is 5.99. The van der Waals surface area contributed by atoms with Crippen LogP contribution < -0.4 is 4.90 Å². The highest BCUT2D eigenvalue weighted by Crippen LogP contribution is 2.20. The van der Waals surface area contributed by atoms with Crippen molar-refractivity contribution < 1.29 is 0 Å². The number of rotatable bonds is 6. The van der Waals surface area contributed by atoms with Crippen molar-refractivity contribution in [1.82, 2.24) is 4.90 Å². The van der Waals surface area contributed by atoms with Gasteiger partial charge in [-0.25, -0.2) is 0 Å². The number of nitrogens with zero attached hydrogens (tertiary/aromatic N) is 2. The molecule has 0 amide bonds. The number of hydrogen-bond acceptors (Lipinski definition) is 2. The molecule has 1 aliphatic heterocycles. The number of piperazine rings is 1. The SMILES string of the molecule is CCCc1cc(CCN2CCN(c3ccc(Cl)cc3)CC2)ccc1C. The summed E-state index contributed by atoms with van der Waals surface area (Å²) in [6.07, 6.45) is 3.56. The van der Waals surface area contributed by atoms with Crippen LogP contribution in [0, 0.1) is 6.92 Å². The molecule has 0 N–H and O–H groups in total. The van der Waals surface area contributed by atoms with E-state index in [0.717, 1.165) is 44.2 Å². The van der Waals surface area contributed by atoms with Gasteiger partial charge < -0.3 is 4.90 Å². The molecule has 2 aromatic rings. The minimum atomic E-state index is 0.808. The van der Waals surface area contributed by atoms with Crippen LogP contribution in [-0.2, 0) is 12.8 Å². The molecule has 0 aliphatic carbocycles. The van der Waals surface area contributed by atoms with Gasteiger partial charge in [0.25, 0.3) is 0 Å². The Morgan fingerprint density at radius 1 is 0.920 bits per heavy atom. The standard InChI is InChI=1S/C22H29ClN2/c1-3-4-20-17-19(6-5-18(20)2)11-12-24-13-15-25(16-14-24)22-9-7-21(23)8-10-22/h5-10,17H,3-4,11-16H2,1-2H3. The molecule has 1 saturated heterocycles. The lowest BCUT2D eigenvalue weighted by Crippen LogP contribution is -2.47. The van der Waals surface area contributed by atoms with Gasteiger partial charge in [0.05, 0.1) is 0 Å². The Balaban J connectivity index is 1.49. The highest BCUT2D eigenvalue weighted by atomic mass is 35.5. The molecule has 1 fully saturated rings. The fourth-order valence-corrected chi connectivity index (χ4v) is 3.71. The molecule has 3 heteroatoms. The molecular weight excluding hydrogens is 328 g/mol. The Morgan fingerprint density at radius 3 is 2.32 bits per heavy atom. The van der Waals surface area contributed by atoms with Gasteiger partial charge in [0, 0.05) is 43.4 Å². The van der Waals surface area contributed by atoms with Crippen LogP contribution in [0.4, 0.5) is 5.69 Å². The van der Waals surface area contributed by atoms with Crippen LogP contribution >= 0.6 is 11.6 Å². The first-order valence-corrected chi connectivity index (χ1v) is 9.85. The Labute approximate surface area is 157 Å². The number of benzene rings is 2. The summed E-state index contributed by atoms with van der Waals surface area (Å²) in [5, 5.41) is 0.808. The number of halogens is 1. The highest BCUT2D eigenvalue weighted by molar-refractivity contribution is 6.30. The monoisotopic (exact) mass is 356 g/mol. The predicted molar refractivity (Wildman–Crippen MR) is 109 cm³/mol. The number of aryl methyl sites for hydroxylation is 2. The Morgan fingerprint density at radius 2 is 1.64 bits per heavy atom. The van der Waals surface area contributed by atoms with Crippen molar-refractivity contribution in [3.05, 3.63) is 64.2 Å². The van der Waals surface area contributed by atoms with Gasteiger partial charge in [0.2, 0.25) is 0 Å². The summed E-state index contributed by atoms with van der Waals surface area (Å²) in [4.78, 5) is 5.05. The van der Waals surface area contributed by atoms with Crippen molar-refractivity contribution in [2.75, 3.05) is 37.6 Å². The zero-order valence-corrected chi connectivity index (χ0v) is 16.2. The Hall–Kier alpha value is -1.51. The molecule has 0 unspecified atom stereocenters. The summed E-state index contributed by atoms with van der Waals surface area (Å²) in [6, 6.07) is 15.2. The fourth-order valence-electron chi connectivity index (χ4n) is 3.59. The van der Waals surface area contributed by atoms with Crippen molar-refractivity contribution in [3.63, 3.8) is 0 Å². The van der Waals surface area contributed by atoms with E-state index in [9.17, 15) is 0 Å². The van der Waals surface area contributed by atoms with E-state index in [2.05, 4.69) is 54.0 Å². The van der Waals surface area contributed by atoms with Crippen LogP contribution in [0.15, 0.2) is 42.5 Å². The minimum Gasteiger partial charge on any atom is -0.369 e. The molecule has 1 heterocycles. The lowest BCUT2D eigenvalue weighted by Gasteiger charge is -2.36. The van der Waals surface area contributed by atoms with E-state index >= 15 is 0 Å². The summed E-state index contributed by atoms with van der Waals surface area (Å²) in [7, 11) is 0. The van der Waals surface area contributed by atoms with E-state index in [1.165, 1.54) is 35.2 Å². The Kier molecular flexibility index (Phi) is 6.39.